The van der Waals surface area contributed by atoms with Crippen molar-refractivity contribution in [3.05, 3.63) is 0 Å². The normalized spacial score (nSPS) is 27.7. The number of hydrogen-bond acceptors (Lipinski definition) is 5. The minimum atomic E-state index is -1.02. The molecule has 2 N–H and O–H groups in total. The third-order valence-electron chi connectivity index (χ3n) is 5.06. The first-order valence-corrected chi connectivity index (χ1v) is 8.43. The Kier molecular flexibility index (Phi) is 5.23. The average molecular weight is 327 g/mol. The van der Waals surface area contributed by atoms with Gasteiger partial charge in [-0.2, -0.15) is 0 Å². The fourth-order valence-corrected chi connectivity index (χ4v) is 3.68. The standard InChI is InChI=1S/C17H29NO5/c1-16(2,3)23-15(21)18-12-7-5-11(6-8-12)17(9-10-17)13(19)14(20)22-4/h11-13,19H,5-10H2,1-4H3,(H,18,21). The number of carbonyl (C=O) groups is 2. The molecule has 0 bridgehead atoms. The average Bonchev–Trinajstić information content (AvgIpc) is 3.26. The van der Waals surface area contributed by atoms with Gasteiger partial charge < -0.3 is 19.9 Å². The number of aliphatic hydroxyl groups is 1. The van der Waals surface area contributed by atoms with Gasteiger partial charge in [0.05, 0.1) is 7.11 Å². The maximum absolute atomic E-state index is 11.8. The molecule has 0 saturated heterocycles. The van der Waals surface area contributed by atoms with Gasteiger partial charge in [0.2, 0.25) is 0 Å². The number of esters is 1. The van der Waals surface area contributed by atoms with Crippen molar-refractivity contribution in [1.29, 1.82) is 0 Å². The van der Waals surface area contributed by atoms with Crippen molar-refractivity contribution in [2.75, 3.05) is 7.11 Å². The Morgan fingerprint density at radius 1 is 1.17 bits per heavy atom. The largest absolute Gasteiger partial charge is 0.467 e. The number of aliphatic hydroxyl groups excluding tert-OH is 1. The van der Waals surface area contributed by atoms with Gasteiger partial charge >= 0.3 is 12.1 Å². The maximum Gasteiger partial charge on any atom is 0.407 e. The Balaban J connectivity index is 1.82. The van der Waals surface area contributed by atoms with Crippen LogP contribution in [0.1, 0.15) is 59.3 Å². The van der Waals surface area contributed by atoms with E-state index in [4.69, 9.17) is 4.74 Å². The molecule has 6 heteroatoms. The zero-order valence-electron chi connectivity index (χ0n) is 14.6. The van der Waals surface area contributed by atoms with E-state index in [0.29, 0.717) is 5.92 Å². The van der Waals surface area contributed by atoms with E-state index in [0.717, 1.165) is 38.5 Å². The van der Waals surface area contributed by atoms with E-state index in [1.165, 1.54) is 7.11 Å². The van der Waals surface area contributed by atoms with Crippen LogP contribution in [0.2, 0.25) is 0 Å². The fourth-order valence-electron chi connectivity index (χ4n) is 3.68. The lowest BCUT2D eigenvalue weighted by molar-refractivity contribution is -0.156. The summed E-state index contributed by atoms with van der Waals surface area (Å²) in [6, 6.07) is 0.104. The molecule has 2 fully saturated rings. The third kappa shape index (κ3) is 4.37. The van der Waals surface area contributed by atoms with Gasteiger partial charge in [-0.05, 0) is 65.2 Å². The summed E-state index contributed by atoms with van der Waals surface area (Å²) >= 11 is 0. The number of hydrogen-bond donors (Lipinski definition) is 2. The highest BCUT2D eigenvalue weighted by Gasteiger charge is 2.57. The Morgan fingerprint density at radius 2 is 1.74 bits per heavy atom. The van der Waals surface area contributed by atoms with E-state index >= 15 is 0 Å². The number of nitrogens with one attached hydrogen (secondary N) is 1. The lowest BCUT2D eigenvalue weighted by Crippen LogP contribution is -2.44. The molecule has 1 amide bonds. The number of ether oxygens (including phenoxy) is 2. The van der Waals surface area contributed by atoms with Crippen molar-refractivity contribution < 1.29 is 24.2 Å². The molecule has 0 radical (unpaired) electrons. The van der Waals surface area contributed by atoms with E-state index in [1.54, 1.807) is 0 Å². The number of alkyl carbamates (subject to hydrolysis) is 1. The predicted molar refractivity (Wildman–Crippen MR) is 84.8 cm³/mol. The second-order valence-corrected chi connectivity index (χ2v) is 7.85. The minimum Gasteiger partial charge on any atom is -0.467 e. The molecule has 0 heterocycles. The predicted octanol–water partition coefficient (Wildman–Crippen LogP) is 2.38. The second-order valence-electron chi connectivity index (χ2n) is 7.85. The molecule has 2 aliphatic rings. The molecular formula is C17H29NO5. The quantitative estimate of drug-likeness (QED) is 0.775. The smallest absolute Gasteiger partial charge is 0.407 e. The molecule has 6 nitrogen and oxygen atoms in total. The molecule has 23 heavy (non-hydrogen) atoms. The third-order valence-corrected chi connectivity index (χ3v) is 5.06. The lowest BCUT2D eigenvalue weighted by atomic mass is 9.73. The van der Waals surface area contributed by atoms with Crippen molar-refractivity contribution in [3.63, 3.8) is 0 Å². The van der Waals surface area contributed by atoms with Crippen LogP contribution in [0.15, 0.2) is 0 Å². The van der Waals surface area contributed by atoms with Crippen LogP contribution in [-0.2, 0) is 14.3 Å². The van der Waals surface area contributed by atoms with E-state index < -0.39 is 17.7 Å². The molecule has 1 unspecified atom stereocenters. The van der Waals surface area contributed by atoms with Crippen LogP contribution in [0, 0.1) is 11.3 Å². The van der Waals surface area contributed by atoms with Gasteiger partial charge in [-0.25, -0.2) is 9.59 Å². The van der Waals surface area contributed by atoms with Crippen LogP contribution in [0.4, 0.5) is 4.79 Å². The molecule has 0 aliphatic heterocycles. The van der Waals surface area contributed by atoms with E-state index in [1.807, 2.05) is 20.8 Å². The summed E-state index contributed by atoms with van der Waals surface area (Å²) in [5.74, 6) is -0.218. The van der Waals surface area contributed by atoms with Gasteiger partial charge in [-0.15, -0.1) is 0 Å². The van der Waals surface area contributed by atoms with Crippen molar-refractivity contribution in [3.8, 4) is 0 Å². The van der Waals surface area contributed by atoms with Crippen molar-refractivity contribution in [2.45, 2.75) is 77.0 Å². The van der Waals surface area contributed by atoms with Gasteiger partial charge in [0, 0.05) is 11.5 Å². The Bertz CT molecular complexity index is 444. The molecular weight excluding hydrogens is 298 g/mol. The van der Waals surface area contributed by atoms with Crippen LogP contribution in [-0.4, -0.2) is 42.0 Å². The van der Waals surface area contributed by atoms with E-state index in [2.05, 4.69) is 10.1 Å². The van der Waals surface area contributed by atoms with Gasteiger partial charge in [0.15, 0.2) is 6.10 Å². The molecule has 0 aromatic carbocycles. The van der Waals surface area contributed by atoms with Crippen LogP contribution in [0.25, 0.3) is 0 Å². The van der Waals surface area contributed by atoms with Gasteiger partial charge in [-0.3, -0.25) is 0 Å². The van der Waals surface area contributed by atoms with E-state index in [-0.39, 0.29) is 17.6 Å². The Morgan fingerprint density at radius 3 is 2.17 bits per heavy atom. The molecule has 1 atom stereocenters. The van der Waals surface area contributed by atoms with Crippen molar-refractivity contribution in [1.82, 2.24) is 5.32 Å². The number of rotatable bonds is 4. The molecule has 2 saturated carbocycles. The van der Waals surface area contributed by atoms with Gasteiger partial charge in [0.1, 0.15) is 5.60 Å². The monoisotopic (exact) mass is 327 g/mol. The van der Waals surface area contributed by atoms with Crippen LogP contribution >= 0.6 is 0 Å². The number of carbonyl (C=O) groups excluding carboxylic acids is 2. The summed E-state index contributed by atoms with van der Waals surface area (Å²) in [5.41, 5.74) is -0.798. The summed E-state index contributed by atoms with van der Waals surface area (Å²) in [4.78, 5) is 23.5. The van der Waals surface area contributed by atoms with Gasteiger partial charge in [0.25, 0.3) is 0 Å². The summed E-state index contributed by atoms with van der Waals surface area (Å²) in [7, 11) is 1.31. The summed E-state index contributed by atoms with van der Waals surface area (Å²) in [5, 5.41) is 13.2. The number of amides is 1. The molecule has 132 valence electrons. The highest BCUT2D eigenvalue weighted by molar-refractivity contribution is 5.76. The topological polar surface area (TPSA) is 84.9 Å². The fraction of sp³-hybridized carbons (Fsp3) is 0.882. The van der Waals surface area contributed by atoms with Crippen molar-refractivity contribution >= 4 is 12.1 Å². The SMILES string of the molecule is COC(=O)C(O)C1(C2CCC(NC(=O)OC(C)(C)C)CC2)CC1. The first-order valence-electron chi connectivity index (χ1n) is 8.43. The summed E-state index contributed by atoms with van der Waals surface area (Å²) in [6.45, 7) is 5.53. The van der Waals surface area contributed by atoms with Gasteiger partial charge in [-0.1, -0.05) is 0 Å². The highest BCUT2D eigenvalue weighted by Crippen LogP contribution is 2.58. The number of methoxy groups -OCH3 is 1. The lowest BCUT2D eigenvalue weighted by Gasteiger charge is -2.36. The highest BCUT2D eigenvalue weighted by atomic mass is 16.6. The molecule has 0 aromatic rings. The molecule has 0 aromatic heterocycles. The zero-order valence-corrected chi connectivity index (χ0v) is 14.6. The van der Waals surface area contributed by atoms with Crippen LogP contribution in [0.5, 0.6) is 0 Å². The first kappa shape index (κ1) is 18.0. The van der Waals surface area contributed by atoms with Crippen LogP contribution in [0.3, 0.4) is 0 Å². The zero-order chi connectivity index (χ0) is 17.3. The Labute approximate surface area is 137 Å². The molecule has 2 rings (SSSR count). The van der Waals surface area contributed by atoms with E-state index in [9.17, 15) is 14.7 Å². The minimum absolute atomic E-state index is 0.104. The first-order chi connectivity index (χ1) is 10.7. The maximum atomic E-state index is 11.8. The van der Waals surface area contributed by atoms with Crippen molar-refractivity contribution in [2.24, 2.45) is 11.3 Å². The second kappa shape index (κ2) is 6.67. The molecule has 2 aliphatic carbocycles. The molecule has 0 spiro atoms. The van der Waals surface area contributed by atoms with Crippen LogP contribution < -0.4 is 5.32 Å². The summed E-state index contributed by atoms with van der Waals surface area (Å²) in [6.07, 6.45) is 3.84. The summed E-state index contributed by atoms with van der Waals surface area (Å²) < 4.78 is 9.97. The Hall–Kier alpha value is -1.30.